The summed E-state index contributed by atoms with van der Waals surface area (Å²) in [4.78, 5) is 30.3. The summed E-state index contributed by atoms with van der Waals surface area (Å²) in [5.41, 5.74) is 0. The maximum absolute atomic E-state index is 11.3. The highest BCUT2D eigenvalue weighted by atomic mass is 31.2. The van der Waals surface area contributed by atoms with Crippen molar-refractivity contribution in [3.63, 3.8) is 0 Å². The molecule has 0 aliphatic heterocycles. The van der Waals surface area contributed by atoms with Crippen molar-refractivity contribution in [2.45, 2.75) is 12.5 Å². The van der Waals surface area contributed by atoms with Gasteiger partial charge in [-0.25, -0.2) is 4.57 Å². The molecule has 0 aromatic heterocycles. The second-order valence-electron chi connectivity index (χ2n) is 5.31. The van der Waals surface area contributed by atoms with Gasteiger partial charge in [-0.2, -0.15) is 0 Å². The molecule has 0 aromatic rings. The molecule has 0 rings (SSSR count). The predicted octanol–water partition coefficient (Wildman–Crippen LogP) is 0.205. The van der Waals surface area contributed by atoms with Crippen molar-refractivity contribution in [2.75, 3.05) is 41.3 Å². The Balaban J connectivity index is 4.50. The zero-order chi connectivity index (χ0) is 15.3. The molecule has 1 amide bonds. The second kappa shape index (κ2) is 7.17. The summed E-state index contributed by atoms with van der Waals surface area (Å²) in [6.07, 6.45) is 1.80. The molecule has 2 N–H and O–H groups in total. The van der Waals surface area contributed by atoms with Gasteiger partial charge in [0.2, 0.25) is 5.91 Å². The van der Waals surface area contributed by atoms with E-state index in [1.54, 1.807) is 7.05 Å². The van der Waals surface area contributed by atoms with Gasteiger partial charge in [-0.1, -0.05) is 6.58 Å². The van der Waals surface area contributed by atoms with E-state index < -0.39 is 7.82 Å². The molecule has 0 bridgehead atoms. The maximum Gasteiger partial charge on any atom is 0.469 e. The van der Waals surface area contributed by atoms with Crippen LogP contribution in [0, 0.1) is 0 Å². The number of nitrogens with zero attached hydrogens (tertiary/aromatic N) is 2. The van der Waals surface area contributed by atoms with Crippen LogP contribution in [0.3, 0.4) is 0 Å². The minimum atomic E-state index is -4.47. The molecule has 0 aliphatic carbocycles. The Kier molecular flexibility index (Phi) is 6.89. The van der Waals surface area contributed by atoms with Crippen LogP contribution < -0.4 is 0 Å². The number of carbonyl (C=O) groups is 1. The molecule has 19 heavy (non-hydrogen) atoms. The van der Waals surface area contributed by atoms with Gasteiger partial charge in [0.25, 0.3) is 0 Å². The fourth-order valence-electron chi connectivity index (χ4n) is 1.49. The van der Waals surface area contributed by atoms with Gasteiger partial charge in [0.1, 0.15) is 12.6 Å². The van der Waals surface area contributed by atoms with Gasteiger partial charge in [-0.05, 0) is 6.08 Å². The number of likely N-dealkylation sites (N-methyl/N-ethyl adjacent to an activating group) is 2. The van der Waals surface area contributed by atoms with E-state index in [-0.39, 0.29) is 18.6 Å². The topological polar surface area (TPSA) is 87.1 Å². The van der Waals surface area contributed by atoms with Crippen molar-refractivity contribution in [1.82, 2.24) is 4.90 Å². The van der Waals surface area contributed by atoms with Gasteiger partial charge in [-0.3, -0.25) is 9.32 Å². The van der Waals surface area contributed by atoms with Gasteiger partial charge in [0.15, 0.2) is 0 Å². The maximum atomic E-state index is 11.3. The van der Waals surface area contributed by atoms with Crippen LogP contribution in [0.1, 0.15) is 6.42 Å². The lowest BCUT2D eigenvalue weighted by molar-refractivity contribution is -0.896. The van der Waals surface area contributed by atoms with Crippen molar-refractivity contribution in [3.8, 4) is 0 Å². The first-order valence-electron chi connectivity index (χ1n) is 5.86. The molecule has 0 aromatic carbocycles. The van der Waals surface area contributed by atoms with E-state index in [1.165, 1.54) is 11.0 Å². The van der Waals surface area contributed by atoms with Crippen LogP contribution in [0.25, 0.3) is 0 Å². The predicted molar refractivity (Wildman–Crippen MR) is 72.3 cm³/mol. The Morgan fingerprint density at radius 2 is 2.00 bits per heavy atom. The minimum absolute atomic E-state index is 0.0656. The number of amides is 1. The SMILES string of the molecule is C=CC(=O)N(C)CCC(COP(=O)(O)O)[N+](C)(C)C. The minimum Gasteiger partial charge on any atom is -0.342 e. The summed E-state index contributed by atoms with van der Waals surface area (Å²) in [6, 6.07) is -0.132. The van der Waals surface area contributed by atoms with Crippen LogP contribution in [-0.2, 0) is 13.9 Å². The first-order chi connectivity index (χ1) is 8.47. The molecule has 8 heteroatoms. The highest BCUT2D eigenvalue weighted by molar-refractivity contribution is 7.46. The number of phosphoric ester groups is 1. The molecule has 1 unspecified atom stereocenters. The molecule has 112 valence electrons. The number of hydrogen-bond donors (Lipinski definition) is 2. The smallest absolute Gasteiger partial charge is 0.342 e. The third-order valence-corrected chi connectivity index (χ3v) is 3.36. The third kappa shape index (κ3) is 8.13. The first-order valence-corrected chi connectivity index (χ1v) is 7.39. The molecule has 7 nitrogen and oxygen atoms in total. The normalized spacial score (nSPS) is 14.0. The Bertz CT molecular complexity index is 361. The molecule has 1 atom stereocenters. The van der Waals surface area contributed by atoms with Crippen LogP contribution in [0.2, 0.25) is 0 Å². The lowest BCUT2D eigenvalue weighted by atomic mass is 10.1. The molecule has 0 heterocycles. The molecule has 0 fully saturated rings. The summed E-state index contributed by atoms with van der Waals surface area (Å²) in [5, 5.41) is 0. The zero-order valence-electron chi connectivity index (χ0n) is 11.9. The largest absolute Gasteiger partial charge is 0.469 e. The Labute approximate surface area is 114 Å². The van der Waals surface area contributed by atoms with Gasteiger partial charge >= 0.3 is 7.82 Å². The quantitative estimate of drug-likeness (QED) is 0.379. The molecule has 0 saturated heterocycles. The Morgan fingerprint density at radius 1 is 1.47 bits per heavy atom. The number of carbonyl (C=O) groups excluding carboxylic acids is 1. The molecular formula is C11H24N2O5P+. The van der Waals surface area contributed by atoms with E-state index in [9.17, 15) is 9.36 Å². The van der Waals surface area contributed by atoms with Crippen LogP contribution >= 0.6 is 7.82 Å². The van der Waals surface area contributed by atoms with Gasteiger partial charge < -0.3 is 19.2 Å². The summed E-state index contributed by atoms with van der Waals surface area (Å²) in [7, 11) is 2.90. The lowest BCUT2D eigenvalue weighted by Crippen LogP contribution is -2.49. The summed E-state index contributed by atoms with van der Waals surface area (Å²) >= 11 is 0. The third-order valence-electron chi connectivity index (χ3n) is 2.88. The second-order valence-corrected chi connectivity index (χ2v) is 6.55. The fraction of sp³-hybridized carbons (Fsp3) is 0.727. The fourth-order valence-corrected chi connectivity index (χ4v) is 1.85. The van der Waals surface area contributed by atoms with Crippen LogP contribution in [0.5, 0.6) is 0 Å². The van der Waals surface area contributed by atoms with Crippen molar-refractivity contribution in [3.05, 3.63) is 12.7 Å². The molecule has 0 spiro atoms. The average Bonchev–Trinajstić information content (AvgIpc) is 2.24. The van der Waals surface area contributed by atoms with Crippen molar-refractivity contribution >= 4 is 13.7 Å². The van der Waals surface area contributed by atoms with Gasteiger partial charge in [0.05, 0.1) is 21.1 Å². The van der Waals surface area contributed by atoms with E-state index in [0.717, 1.165) is 0 Å². The zero-order valence-corrected chi connectivity index (χ0v) is 12.8. The monoisotopic (exact) mass is 295 g/mol. The molecule has 0 radical (unpaired) electrons. The molecule has 0 saturated carbocycles. The highest BCUT2D eigenvalue weighted by Gasteiger charge is 2.28. The van der Waals surface area contributed by atoms with Crippen LogP contribution in [0.4, 0.5) is 0 Å². The van der Waals surface area contributed by atoms with Crippen molar-refractivity contribution in [2.24, 2.45) is 0 Å². The van der Waals surface area contributed by atoms with Crippen molar-refractivity contribution in [1.29, 1.82) is 0 Å². The standard InChI is InChI=1S/C11H23N2O5P/c1-6-11(14)12(2)8-7-10(13(3,4)5)9-18-19(15,16)17/h6,10H,1,7-9H2,2-5H3,(H-,15,16,17)/p+1. The summed E-state index contributed by atoms with van der Waals surface area (Å²) < 4.78 is 15.8. The summed E-state index contributed by atoms with van der Waals surface area (Å²) in [5.74, 6) is -0.184. The van der Waals surface area contributed by atoms with Crippen LogP contribution in [-0.4, -0.2) is 72.5 Å². The van der Waals surface area contributed by atoms with Gasteiger partial charge in [-0.15, -0.1) is 0 Å². The van der Waals surface area contributed by atoms with E-state index in [0.29, 0.717) is 17.4 Å². The molecular weight excluding hydrogens is 271 g/mol. The number of phosphoric acid groups is 1. The first kappa shape index (κ1) is 18.3. The molecule has 0 aliphatic rings. The Morgan fingerprint density at radius 3 is 2.37 bits per heavy atom. The van der Waals surface area contributed by atoms with E-state index in [2.05, 4.69) is 11.1 Å². The van der Waals surface area contributed by atoms with E-state index in [4.69, 9.17) is 9.79 Å². The van der Waals surface area contributed by atoms with Gasteiger partial charge in [0, 0.05) is 20.0 Å². The number of hydrogen-bond acceptors (Lipinski definition) is 3. The number of quaternary nitrogens is 1. The highest BCUT2D eigenvalue weighted by Crippen LogP contribution is 2.36. The van der Waals surface area contributed by atoms with Crippen LogP contribution in [0.15, 0.2) is 12.7 Å². The van der Waals surface area contributed by atoms with Crippen molar-refractivity contribution < 1.29 is 28.2 Å². The van der Waals surface area contributed by atoms with E-state index >= 15 is 0 Å². The Hall–Kier alpha value is -0.720. The number of rotatable bonds is 8. The average molecular weight is 295 g/mol. The van der Waals surface area contributed by atoms with E-state index in [1.807, 2.05) is 21.1 Å². The lowest BCUT2D eigenvalue weighted by Gasteiger charge is -2.34. The summed E-state index contributed by atoms with van der Waals surface area (Å²) in [6.45, 7) is 3.81.